The van der Waals surface area contributed by atoms with Gasteiger partial charge in [0.05, 0.1) is 11.9 Å². The summed E-state index contributed by atoms with van der Waals surface area (Å²) >= 11 is 5.76. The molecule has 0 aliphatic carbocycles. The maximum absolute atomic E-state index is 5.76. The Morgan fingerprint density at radius 1 is 1.43 bits per heavy atom. The van der Waals surface area contributed by atoms with Crippen LogP contribution >= 0.6 is 11.6 Å². The summed E-state index contributed by atoms with van der Waals surface area (Å²) < 4.78 is 1.56. The molecule has 14 heavy (non-hydrogen) atoms. The number of rotatable bonds is 1. The van der Waals surface area contributed by atoms with Crippen LogP contribution in [0.2, 0.25) is 5.15 Å². The van der Waals surface area contributed by atoms with E-state index in [0.29, 0.717) is 17.1 Å². The number of halogens is 1. The fraction of sp³-hybridized carbons (Fsp3) is 0.143. The normalized spacial score (nSPS) is 10.4. The first-order valence-electron chi connectivity index (χ1n) is 3.81. The molecule has 0 saturated heterocycles. The first-order chi connectivity index (χ1) is 6.70. The van der Waals surface area contributed by atoms with Crippen LogP contribution in [0, 0.1) is 0 Å². The van der Waals surface area contributed by atoms with Gasteiger partial charge in [-0.3, -0.25) is 0 Å². The minimum absolute atomic E-state index is 0.233. The molecule has 0 aromatic carbocycles. The first kappa shape index (κ1) is 8.89. The zero-order chi connectivity index (χ0) is 10.1. The third kappa shape index (κ3) is 1.29. The summed E-state index contributed by atoms with van der Waals surface area (Å²) in [5.74, 6) is 0. The molecule has 2 rings (SSSR count). The van der Waals surface area contributed by atoms with Crippen molar-refractivity contribution in [2.24, 2.45) is 7.05 Å². The Balaban J connectivity index is 2.63. The van der Waals surface area contributed by atoms with Crippen LogP contribution in [0.5, 0.6) is 0 Å². The predicted octanol–water partition coefficient (Wildman–Crippen LogP) is 0.508. The molecule has 0 bridgehead atoms. The lowest BCUT2D eigenvalue weighted by atomic mass is 10.3. The molecule has 2 heterocycles. The Kier molecular flexibility index (Phi) is 2.05. The number of nitrogens with zero attached hydrogens (tertiary/aromatic N) is 5. The summed E-state index contributed by atoms with van der Waals surface area (Å²) in [4.78, 5) is 7.78. The van der Waals surface area contributed by atoms with Gasteiger partial charge in [0.25, 0.3) is 0 Å². The standard InChI is InChI=1S/C7H7ClN6/c1-14-4(2-12-13-14)6-5(9)7(8)11-3-10-6/h2-3H,9H2,1H3. The van der Waals surface area contributed by atoms with Crippen LogP contribution in [-0.2, 0) is 7.05 Å². The van der Waals surface area contributed by atoms with Gasteiger partial charge < -0.3 is 5.73 Å². The smallest absolute Gasteiger partial charge is 0.156 e. The first-order valence-corrected chi connectivity index (χ1v) is 4.19. The van der Waals surface area contributed by atoms with Gasteiger partial charge in [-0.05, 0) is 0 Å². The molecule has 0 unspecified atom stereocenters. The number of hydrogen-bond acceptors (Lipinski definition) is 5. The zero-order valence-corrected chi connectivity index (χ0v) is 8.10. The molecule has 0 aliphatic rings. The van der Waals surface area contributed by atoms with Gasteiger partial charge in [-0.25, -0.2) is 14.6 Å². The third-order valence-corrected chi connectivity index (χ3v) is 2.09. The summed E-state index contributed by atoms with van der Waals surface area (Å²) in [6.45, 7) is 0. The van der Waals surface area contributed by atoms with Gasteiger partial charge in [-0.15, -0.1) is 5.10 Å². The highest BCUT2D eigenvalue weighted by atomic mass is 35.5. The topological polar surface area (TPSA) is 82.5 Å². The summed E-state index contributed by atoms with van der Waals surface area (Å²) in [5.41, 5.74) is 7.29. The second kappa shape index (κ2) is 3.22. The van der Waals surface area contributed by atoms with Crippen molar-refractivity contribution in [2.75, 3.05) is 5.73 Å². The van der Waals surface area contributed by atoms with Crippen LogP contribution in [0.4, 0.5) is 5.69 Å². The molecule has 0 aliphatic heterocycles. The Morgan fingerprint density at radius 2 is 2.21 bits per heavy atom. The summed E-state index contributed by atoms with van der Waals surface area (Å²) in [6, 6.07) is 0. The Labute approximate surface area is 84.7 Å². The van der Waals surface area contributed by atoms with Crippen molar-refractivity contribution < 1.29 is 0 Å². The Hall–Kier alpha value is -1.69. The minimum atomic E-state index is 0.233. The third-order valence-electron chi connectivity index (χ3n) is 1.79. The summed E-state index contributed by atoms with van der Waals surface area (Å²) in [5, 5.41) is 7.73. The molecule has 0 saturated carbocycles. The molecule has 72 valence electrons. The lowest BCUT2D eigenvalue weighted by Gasteiger charge is -2.03. The van der Waals surface area contributed by atoms with Gasteiger partial charge in [0.15, 0.2) is 5.15 Å². The summed E-state index contributed by atoms with van der Waals surface area (Å²) in [7, 11) is 1.75. The largest absolute Gasteiger partial charge is 0.394 e. The fourth-order valence-electron chi connectivity index (χ4n) is 1.08. The van der Waals surface area contributed by atoms with Gasteiger partial charge in [0.1, 0.15) is 17.7 Å². The van der Waals surface area contributed by atoms with Gasteiger partial charge in [-0.1, -0.05) is 16.8 Å². The Bertz CT molecular complexity index is 465. The minimum Gasteiger partial charge on any atom is -0.394 e. The molecular weight excluding hydrogens is 204 g/mol. The van der Waals surface area contributed by atoms with E-state index in [1.54, 1.807) is 17.9 Å². The van der Waals surface area contributed by atoms with E-state index in [0.717, 1.165) is 0 Å². The SMILES string of the molecule is Cn1nncc1-c1ncnc(Cl)c1N. The molecule has 0 amide bonds. The second-order valence-corrected chi connectivity index (χ2v) is 3.03. The molecule has 0 fully saturated rings. The van der Waals surface area contributed by atoms with Crippen molar-refractivity contribution in [3.63, 3.8) is 0 Å². The highest BCUT2D eigenvalue weighted by Crippen LogP contribution is 2.26. The molecular formula is C7H7ClN6. The van der Waals surface area contributed by atoms with Crippen molar-refractivity contribution in [1.82, 2.24) is 25.0 Å². The number of anilines is 1. The highest BCUT2D eigenvalue weighted by molar-refractivity contribution is 6.32. The van der Waals surface area contributed by atoms with E-state index in [-0.39, 0.29) is 5.15 Å². The second-order valence-electron chi connectivity index (χ2n) is 2.67. The van der Waals surface area contributed by atoms with E-state index in [1.165, 1.54) is 6.33 Å². The van der Waals surface area contributed by atoms with Crippen molar-refractivity contribution in [3.8, 4) is 11.4 Å². The summed E-state index contributed by atoms with van der Waals surface area (Å²) in [6.07, 6.45) is 2.91. The van der Waals surface area contributed by atoms with E-state index in [2.05, 4.69) is 20.3 Å². The van der Waals surface area contributed by atoms with Crippen LogP contribution in [-0.4, -0.2) is 25.0 Å². The maximum atomic E-state index is 5.76. The number of aromatic nitrogens is 5. The lowest BCUT2D eigenvalue weighted by Crippen LogP contribution is -2.01. The van der Waals surface area contributed by atoms with Crippen LogP contribution in [0.1, 0.15) is 0 Å². The van der Waals surface area contributed by atoms with Gasteiger partial charge in [0.2, 0.25) is 0 Å². The molecule has 2 N–H and O–H groups in total. The predicted molar refractivity (Wildman–Crippen MR) is 51.5 cm³/mol. The molecule has 2 aromatic rings. The average molecular weight is 211 g/mol. The monoisotopic (exact) mass is 210 g/mol. The molecule has 2 aromatic heterocycles. The molecule has 0 radical (unpaired) electrons. The molecule has 0 atom stereocenters. The lowest BCUT2D eigenvalue weighted by molar-refractivity contribution is 0.719. The number of hydrogen-bond donors (Lipinski definition) is 1. The van der Waals surface area contributed by atoms with Crippen LogP contribution in [0.15, 0.2) is 12.5 Å². The number of aryl methyl sites for hydroxylation is 1. The molecule has 0 spiro atoms. The maximum Gasteiger partial charge on any atom is 0.156 e. The van der Waals surface area contributed by atoms with E-state index in [9.17, 15) is 0 Å². The van der Waals surface area contributed by atoms with E-state index < -0.39 is 0 Å². The van der Waals surface area contributed by atoms with E-state index >= 15 is 0 Å². The van der Waals surface area contributed by atoms with Crippen molar-refractivity contribution in [2.45, 2.75) is 0 Å². The van der Waals surface area contributed by atoms with Crippen molar-refractivity contribution >= 4 is 17.3 Å². The van der Waals surface area contributed by atoms with Crippen LogP contribution < -0.4 is 5.73 Å². The van der Waals surface area contributed by atoms with Crippen LogP contribution in [0.25, 0.3) is 11.4 Å². The van der Waals surface area contributed by atoms with E-state index in [4.69, 9.17) is 17.3 Å². The van der Waals surface area contributed by atoms with Gasteiger partial charge >= 0.3 is 0 Å². The van der Waals surface area contributed by atoms with Crippen molar-refractivity contribution in [1.29, 1.82) is 0 Å². The van der Waals surface area contributed by atoms with Crippen LogP contribution in [0.3, 0.4) is 0 Å². The number of nitrogen functional groups attached to an aromatic ring is 1. The number of nitrogens with two attached hydrogens (primary N) is 1. The van der Waals surface area contributed by atoms with E-state index in [1.807, 2.05) is 0 Å². The van der Waals surface area contributed by atoms with Gasteiger partial charge in [-0.2, -0.15) is 0 Å². The highest BCUT2D eigenvalue weighted by Gasteiger charge is 2.11. The average Bonchev–Trinajstić information content (AvgIpc) is 2.57. The fourth-order valence-corrected chi connectivity index (χ4v) is 1.22. The zero-order valence-electron chi connectivity index (χ0n) is 7.35. The quantitative estimate of drug-likeness (QED) is 0.694. The van der Waals surface area contributed by atoms with Gasteiger partial charge in [0, 0.05) is 7.05 Å². The molecule has 6 nitrogen and oxygen atoms in total. The Morgan fingerprint density at radius 3 is 2.86 bits per heavy atom. The molecule has 7 heteroatoms. The van der Waals surface area contributed by atoms with Crippen molar-refractivity contribution in [3.05, 3.63) is 17.7 Å².